The van der Waals surface area contributed by atoms with Gasteiger partial charge < -0.3 is 10.1 Å². The Balaban J connectivity index is 1.72. The number of nitrogens with one attached hydrogen (secondary N) is 1. The standard InChI is InChI=1S/C25H37F2N3O5S/c1-15(2)9-22(29(6)24(32)35-25(3,4)5)23(31)28-21-8-7-16-13-30(14-20(16)21)36(33,34)19-11-17(26)10-18(27)12-19/h10-12,15-16,20-22H,7-9,13-14H2,1-6H3,(H,28,31)/t16-,20+,21+,22?/m0/s1. The van der Waals surface area contributed by atoms with E-state index in [1.807, 2.05) is 13.8 Å². The molecule has 1 aromatic rings. The van der Waals surface area contributed by atoms with E-state index in [-0.39, 0.29) is 42.8 Å². The number of nitrogens with zero attached hydrogens (tertiary/aromatic N) is 2. The van der Waals surface area contributed by atoms with Crippen molar-refractivity contribution in [3.05, 3.63) is 29.8 Å². The predicted molar refractivity (Wildman–Crippen MR) is 131 cm³/mol. The van der Waals surface area contributed by atoms with Gasteiger partial charge in [-0.25, -0.2) is 22.0 Å². The third-order valence-corrected chi connectivity index (χ3v) is 8.58. The Morgan fingerprint density at radius 3 is 2.31 bits per heavy atom. The average Bonchev–Trinajstić information content (AvgIpc) is 3.32. The first kappa shape index (κ1) is 28.3. The van der Waals surface area contributed by atoms with Gasteiger partial charge in [0.25, 0.3) is 0 Å². The maximum atomic E-state index is 13.7. The van der Waals surface area contributed by atoms with E-state index in [2.05, 4.69) is 5.32 Å². The molecule has 1 N–H and O–H groups in total. The van der Waals surface area contributed by atoms with Gasteiger partial charge in [-0.1, -0.05) is 13.8 Å². The number of fused-ring (bicyclic) bond motifs is 1. The molecule has 2 fully saturated rings. The number of carbonyl (C=O) groups is 2. The van der Waals surface area contributed by atoms with E-state index in [0.717, 1.165) is 18.6 Å². The first-order valence-electron chi connectivity index (χ1n) is 12.3. The van der Waals surface area contributed by atoms with Gasteiger partial charge in [0.1, 0.15) is 23.3 Å². The number of halogens is 2. The average molecular weight is 530 g/mol. The lowest BCUT2D eigenvalue weighted by atomic mass is 9.96. The van der Waals surface area contributed by atoms with Crippen LogP contribution in [0.4, 0.5) is 13.6 Å². The second-order valence-electron chi connectivity index (χ2n) is 11.3. The van der Waals surface area contributed by atoms with E-state index < -0.39 is 44.3 Å². The van der Waals surface area contributed by atoms with E-state index in [0.29, 0.717) is 18.9 Å². The van der Waals surface area contributed by atoms with E-state index >= 15 is 0 Å². The third-order valence-electron chi connectivity index (χ3n) is 6.77. The van der Waals surface area contributed by atoms with Crippen molar-refractivity contribution in [2.24, 2.45) is 17.8 Å². The highest BCUT2D eigenvalue weighted by molar-refractivity contribution is 7.89. The molecule has 3 rings (SSSR count). The first-order valence-corrected chi connectivity index (χ1v) is 13.7. The van der Waals surface area contributed by atoms with E-state index in [1.165, 1.54) is 9.21 Å². The quantitative estimate of drug-likeness (QED) is 0.580. The molecule has 8 nitrogen and oxygen atoms in total. The predicted octanol–water partition coefficient (Wildman–Crippen LogP) is 3.76. The molecule has 1 saturated heterocycles. The van der Waals surface area contributed by atoms with E-state index in [9.17, 15) is 26.8 Å². The highest BCUT2D eigenvalue weighted by Crippen LogP contribution is 2.40. The van der Waals surface area contributed by atoms with E-state index in [1.54, 1.807) is 27.8 Å². The lowest BCUT2D eigenvalue weighted by Crippen LogP contribution is -2.52. The summed E-state index contributed by atoms with van der Waals surface area (Å²) < 4.78 is 60.1. The van der Waals surface area contributed by atoms with Crippen LogP contribution in [0.3, 0.4) is 0 Å². The van der Waals surface area contributed by atoms with Crippen LogP contribution in [0.5, 0.6) is 0 Å². The Labute approximate surface area is 212 Å². The van der Waals surface area contributed by atoms with Gasteiger partial charge in [-0.2, -0.15) is 4.31 Å². The molecule has 1 saturated carbocycles. The summed E-state index contributed by atoms with van der Waals surface area (Å²) in [6.45, 7) is 9.57. The fourth-order valence-corrected chi connectivity index (χ4v) is 6.63. The van der Waals surface area contributed by atoms with E-state index in [4.69, 9.17) is 4.74 Å². The van der Waals surface area contributed by atoms with Crippen LogP contribution in [0.15, 0.2) is 23.1 Å². The molecule has 11 heteroatoms. The summed E-state index contributed by atoms with van der Waals surface area (Å²) in [5, 5.41) is 3.05. The van der Waals surface area contributed by atoms with Crippen molar-refractivity contribution >= 4 is 22.0 Å². The minimum atomic E-state index is -4.08. The summed E-state index contributed by atoms with van der Waals surface area (Å²) in [6, 6.07) is 1.25. The van der Waals surface area contributed by atoms with Gasteiger partial charge in [0.15, 0.2) is 0 Å². The molecule has 1 unspecified atom stereocenters. The summed E-state index contributed by atoms with van der Waals surface area (Å²) >= 11 is 0. The molecule has 0 bridgehead atoms. The van der Waals surface area contributed by atoms with Crippen molar-refractivity contribution in [1.82, 2.24) is 14.5 Å². The molecule has 36 heavy (non-hydrogen) atoms. The fourth-order valence-electron chi connectivity index (χ4n) is 5.05. The van der Waals surface area contributed by atoms with Crippen LogP contribution in [-0.2, 0) is 19.6 Å². The molecule has 0 radical (unpaired) electrons. The van der Waals surface area contributed by atoms with Crippen LogP contribution in [0.1, 0.15) is 53.9 Å². The van der Waals surface area contributed by atoms with Crippen LogP contribution in [0.25, 0.3) is 0 Å². The highest BCUT2D eigenvalue weighted by Gasteiger charge is 2.47. The molecule has 2 aliphatic rings. The van der Waals surface area contributed by atoms with Crippen LogP contribution >= 0.6 is 0 Å². The molecule has 202 valence electrons. The SMILES string of the molecule is CC(C)CC(C(=O)N[C@@H]1CC[C@H]2CN(S(=O)(=O)c3cc(F)cc(F)c3)C[C@H]21)N(C)C(=O)OC(C)(C)C. The zero-order chi connectivity index (χ0) is 27.0. The molecular weight excluding hydrogens is 492 g/mol. The van der Waals surface area contributed by atoms with Crippen molar-refractivity contribution in [3.63, 3.8) is 0 Å². The minimum Gasteiger partial charge on any atom is -0.444 e. The van der Waals surface area contributed by atoms with Crippen LogP contribution in [0.2, 0.25) is 0 Å². The minimum absolute atomic E-state index is 0.0237. The summed E-state index contributed by atoms with van der Waals surface area (Å²) in [5.74, 6) is -2.19. The third kappa shape index (κ3) is 6.53. The van der Waals surface area contributed by atoms with Crippen LogP contribution < -0.4 is 5.32 Å². The normalized spacial score (nSPS) is 23.4. The Bertz CT molecular complexity index is 1070. The number of hydrogen-bond acceptors (Lipinski definition) is 5. The van der Waals surface area contributed by atoms with Gasteiger partial charge in [-0.15, -0.1) is 0 Å². The van der Waals surface area contributed by atoms with Crippen LogP contribution in [-0.4, -0.2) is 67.4 Å². The van der Waals surface area contributed by atoms with Gasteiger partial charge in [-0.3, -0.25) is 9.69 Å². The van der Waals surface area contributed by atoms with Gasteiger partial charge in [-0.05, 0) is 69.9 Å². The number of sulfonamides is 1. The molecule has 4 atom stereocenters. The molecule has 1 heterocycles. The number of carbonyl (C=O) groups excluding carboxylic acids is 2. The van der Waals surface area contributed by atoms with Gasteiger partial charge in [0.2, 0.25) is 15.9 Å². The first-order chi connectivity index (χ1) is 16.6. The Morgan fingerprint density at radius 1 is 1.14 bits per heavy atom. The zero-order valence-corrected chi connectivity index (χ0v) is 22.6. The maximum Gasteiger partial charge on any atom is 0.410 e. The van der Waals surface area contributed by atoms with Crippen molar-refractivity contribution in [3.8, 4) is 0 Å². The second-order valence-corrected chi connectivity index (χ2v) is 13.2. The molecule has 2 amide bonds. The summed E-state index contributed by atoms with van der Waals surface area (Å²) in [5.41, 5.74) is -0.702. The molecular formula is C25H37F2N3O5S. The number of likely N-dealkylation sites (N-methyl/N-ethyl adjacent to an activating group) is 1. The van der Waals surface area contributed by atoms with Crippen molar-refractivity contribution in [1.29, 1.82) is 0 Å². The maximum absolute atomic E-state index is 13.7. The topological polar surface area (TPSA) is 96.0 Å². The molecule has 1 aliphatic carbocycles. The molecule has 1 aromatic carbocycles. The number of amides is 2. The second kappa shape index (κ2) is 10.6. The number of benzene rings is 1. The summed E-state index contributed by atoms with van der Waals surface area (Å²) in [6.07, 6.45) is 1.26. The lowest BCUT2D eigenvalue weighted by Gasteiger charge is -2.32. The van der Waals surface area contributed by atoms with Gasteiger partial charge >= 0.3 is 6.09 Å². The smallest absolute Gasteiger partial charge is 0.410 e. The molecule has 1 aliphatic heterocycles. The number of hydrogen-bond donors (Lipinski definition) is 1. The number of ether oxygens (including phenoxy) is 1. The van der Waals surface area contributed by atoms with Gasteiger partial charge in [0, 0.05) is 32.2 Å². The molecule has 0 spiro atoms. The lowest BCUT2D eigenvalue weighted by molar-refractivity contribution is -0.127. The Kier molecular flexibility index (Phi) is 8.34. The zero-order valence-electron chi connectivity index (χ0n) is 21.8. The van der Waals surface area contributed by atoms with Gasteiger partial charge in [0.05, 0.1) is 4.90 Å². The Morgan fingerprint density at radius 2 is 1.75 bits per heavy atom. The fraction of sp³-hybridized carbons (Fsp3) is 0.680. The van der Waals surface area contributed by atoms with Crippen molar-refractivity contribution < 1.29 is 31.5 Å². The summed E-state index contributed by atoms with van der Waals surface area (Å²) in [4.78, 5) is 26.9. The highest BCUT2D eigenvalue weighted by atomic mass is 32.2. The molecule has 0 aromatic heterocycles. The summed E-state index contributed by atoms with van der Waals surface area (Å²) in [7, 11) is -2.54. The largest absolute Gasteiger partial charge is 0.444 e. The van der Waals surface area contributed by atoms with Crippen LogP contribution in [0, 0.1) is 29.4 Å². The number of rotatable bonds is 7. The van der Waals surface area contributed by atoms with Crippen molar-refractivity contribution in [2.75, 3.05) is 20.1 Å². The monoisotopic (exact) mass is 529 g/mol. The Hall–Kier alpha value is -2.27. The van der Waals surface area contributed by atoms with Crippen molar-refractivity contribution in [2.45, 2.75) is 76.5 Å².